The fourth-order valence-corrected chi connectivity index (χ4v) is 2.56. The van der Waals surface area contributed by atoms with Crippen LogP contribution < -0.4 is 5.32 Å². The molecule has 0 amide bonds. The average Bonchev–Trinajstić information content (AvgIpc) is 3.02. The van der Waals surface area contributed by atoms with Gasteiger partial charge in [-0.05, 0) is 31.0 Å². The average molecular weight is 257 g/mol. The molecule has 1 aliphatic carbocycles. The van der Waals surface area contributed by atoms with Crippen molar-refractivity contribution in [3.63, 3.8) is 0 Å². The lowest BCUT2D eigenvalue weighted by Gasteiger charge is -2.12. The highest BCUT2D eigenvalue weighted by atomic mass is 16.3. The zero-order valence-electron chi connectivity index (χ0n) is 11.1. The van der Waals surface area contributed by atoms with E-state index < -0.39 is 0 Å². The molecule has 2 N–H and O–H groups in total. The number of pyridine rings is 1. The van der Waals surface area contributed by atoms with Crippen LogP contribution in [0.1, 0.15) is 17.7 Å². The van der Waals surface area contributed by atoms with Gasteiger partial charge in [0.1, 0.15) is 5.65 Å². The lowest BCUT2D eigenvalue weighted by Crippen LogP contribution is -2.26. The van der Waals surface area contributed by atoms with Crippen molar-refractivity contribution >= 4 is 5.65 Å². The molecule has 1 aliphatic rings. The number of aryl methyl sites for hydroxylation is 1. The van der Waals surface area contributed by atoms with Gasteiger partial charge < -0.3 is 14.8 Å². The standard InChI is InChI=1S/C15H19N3O/c1-11-4-5-18-14(9-17-15(18)6-11)8-16-13-3-2-12(7-13)10-19/h2-6,9,12-13,16,19H,7-8,10H2,1H3/t12-,13+/m0/s1. The number of nitrogens with one attached hydrogen (secondary N) is 1. The van der Waals surface area contributed by atoms with Gasteiger partial charge in [-0.2, -0.15) is 0 Å². The number of nitrogens with zero attached hydrogens (tertiary/aromatic N) is 2. The molecular weight excluding hydrogens is 238 g/mol. The summed E-state index contributed by atoms with van der Waals surface area (Å²) in [7, 11) is 0. The van der Waals surface area contributed by atoms with E-state index in [4.69, 9.17) is 5.11 Å². The summed E-state index contributed by atoms with van der Waals surface area (Å²) in [6.07, 6.45) is 9.20. The van der Waals surface area contributed by atoms with Crippen molar-refractivity contribution in [3.05, 3.63) is 47.9 Å². The molecule has 2 atom stereocenters. The highest BCUT2D eigenvalue weighted by Gasteiger charge is 2.17. The van der Waals surface area contributed by atoms with Gasteiger partial charge in [-0.1, -0.05) is 12.2 Å². The van der Waals surface area contributed by atoms with Gasteiger partial charge in [0.05, 0.1) is 11.9 Å². The van der Waals surface area contributed by atoms with E-state index in [0.717, 1.165) is 24.3 Å². The topological polar surface area (TPSA) is 49.6 Å². The summed E-state index contributed by atoms with van der Waals surface area (Å²) in [6.45, 7) is 3.10. The lowest BCUT2D eigenvalue weighted by atomic mass is 10.1. The second-order valence-electron chi connectivity index (χ2n) is 5.23. The van der Waals surface area contributed by atoms with E-state index in [2.05, 4.69) is 52.1 Å². The number of aromatic nitrogens is 2. The summed E-state index contributed by atoms with van der Waals surface area (Å²) in [4.78, 5) is 4.42. The van der Waals surface area contributed by atoms with Crippen molar-refractivity contribution < 1.29 is 5.11 Å². The van der Waals surface area contributed by atoms with E-state index in [0.29, 0.717) is 12.0 Å². The molecule has 0 saturated carbocycles. The first kappa shape index (κ1) is 12.4. The van der Waals surface area contributed by atoms with E-state index in [1.54, 1.807) is 0 Å². The first-order chi connectivity index (χ1) is 9.26. The van der Waals surface area contributed by atoms with E-state index in [1.165, 1.54) is 5.56 Å². The zero-order valence-corrected chi connectivity index (χ0v) is 11.1. The second-order valence-corrected chi connectivity index (χ2v) is 5.23. The number of imidazole rings is 1. The summed E-state index contributed by atoms with van der Waals surface area (Å²) in [5.74, 6) is 0.308. The van der Waals surface area contributed by atoms with Crippen LogP contribution in [0.25, 0.3) is 5.65 Å². The third-order valence-electron chi connectivity index (χ3n) is 3.70. The van der Waals surface area contributed by atoms with Gasteiger partial charge in [0.2, 0.25) is 0 Å². The Morgan fingerprint density at radius 2 is 2.37 bits per heavy atom. The molecule has 100 valence electrons. The van der Waals surface area contributed by atoms with E-state index in [9.17, 15) is 0 Å². The maximum Gasteiger partial charge on any atom is 0.137 e. The highest BCUT2D eigenvalue weighted by molar-refractivity contribution is 5.42. The Kier molecular flexibility index (Phi) is 3.36. The largest absolute Gasteiger partial charge is 0.396 e. The fourth-order valence-electron chi connectivity index (χ4n) is 2.56. The van der Waals surface area contributed by atoms with Crippen LogP contribution in [0.2, 0.25) is 0 Å². The van der Waals surface area contributed by atoms with Crippen LogP contribution in [0.5, 0.6) is 0 Å². The van der Waals surface area contributed by atoms with Crippen molar-refractivity contribution in [3.8, 4) is 0 Å². The minimum Gasteiger partial charge on any atom is -0.396 e. The normalized spacial score (nSPS) is 22.4. The predicted molar refractivity (Wildman–Crippen MR) is 74.9 cm³/mol. The Morgan fingerprint density at radius 3 is 3.16 bits per heavy atom. The Labute approximate surface area is 112 Å². The summed E-state index contributed by atoms with van der Waals surface area (Å²) in [6, 6.07) is 4.53. The Hall–Kier alpha value is -1.65. The number of rotatable bonds is 4. The van der Waals surface area contributed by atoms with Crippen LogP contribution >= 0.6 is 0 Å². The monoisotopic (exact) mass is 257 g/mol. The first-order valence-corrected chi connectivity index (χ1v) is 6.71. The van der Waals surface area contributed by atoms with Crippen LogP contribution in [-0.4, -0.2) is 27.1 Å². The van der Waals surface area contributed by atoms with Crippen molar-refractivity contribution in [1.29, 1.82) is 0 Å². The lowest BCUT2D eigenvalue weighted by molar-refractivity contribution is 0.246. The summed E-state index contributed by atoms with van der Waals surface area (Å²) >= 11 is 0. The third kappa shape index (κ3) is 2.55. The minimum absolute atomic E-state index is 0.240. The maximum absolute atomic E-state index is 9.11. The molecule has 0 saturated heterocycles. The van der Waals surface area contributed by atoms with Crippen LogP contribution in [0.15, 0.2) is 36.7 Å². The van der Waals surface area contributed by atoms with E-state index in [-0.39, 0.29) is 6.61 Å². The van der Waals surface area contributed by atoms with Crippen molar-refractivity contribution in [2.75, 3.05) is 6.61 Å². The van der Waals surface area contributed by atoms with Crippen LogP contribution in [-0.2, 0) is 6.54 Å². The summed E-state index contributed by atoms with van der Waals surface area (Å²) in [5, 5.41) is 12.6. The van der Waals surface area contributed by atoms with Crippen LogP contribution in [0, 0.1) is 12.8 Å². The molecular formula is C15H19N3O. The maximum atomic E-state index is 9.11. The number of hydrogen-bond donors (Lipinski definition) is 2. The van der Waals surface area contributed by atoms with E-state index in [1.807, 2.05) is 6.20 Å². The predicted octanol–water partition coefficient (Wildman–Crippen LogP) is 1.67. The van der Waals surface area contributed by atoms with Gasteiger partial charge in [0, 0.05) is 31.3 Å². The van der Waals surface area contributed by atoms with Crippen molar-refractivity contribution in [2.45, 2.75) is 25.9 Å². The first-order valence-electron chi connectivity index (χ1n) is 6.71. The van der Waals surface area contributed by atoms with Crippen molar-refractivity contribution in [1.82, 2.24) is 14.7 Å². The molecule has 2 aromatic heterocycles. The fraction of sp³-hybridized carbons (Fsp3) is 0.400. The second kappa shape index (κ2) is 5.15. The highest BCUT2D eigenvalue weighted by Crippen LogP contribution is 2.17. The molecule has 4 heteroatoms. The van der Waals surface area contributed by atoms with Crippen LogP contribution in [0.3, 0.4) is 0 Å². The molecule has 0 fully saturated rings. The Balaban J connectivity index is 1.68. The zero-order chi connectivity index (χ0) is 13.2. The molecule has 2 heterocycles. The Bertz CT molecular complexity index is 602. The van der Waals surface area contributed by atoms with Crippen molar-refractivity contribution in [2.24, 2.45) is 5.92 Å². The van der Waals surface area contributed by atoms with Gasteiger partial charge in [-0.3, -0.25) is 0 Å². The molecule has 0 bridgehead atoms. The third-order valence-corrected chi connectivity index (χ3v) is 3.70. The SMILES string of the molecule is Cc1ccn2c(CN[C@@H]3C=C[C@H](CO)C3)cnc2c1. The molecule has 2 aromatic rings. The van der Waals surface area contributed by atoms with Gasteiger partial charge in [0.25, 0.3) is 0 Å². The number of aliphatic hydroxyl groups excluding tert-OH is 1. The number of hydrogen-bond acceptors (Lipinski definition) is 3. The number of aliphatic hydroxyl groups is 1. The molecule has 0 spiro atoms. The molecule has 4 nitrogen and oxygen atoms in total. The van der Waals surface area contributed by atoms with Gasteiger partial charge >= 0.3 is 0 Å². The quantitative estimate of drug-likeness (QED) is 0.819. The summed E-state index contributed by atoms with van der Waals surface area (Å²) in [5.41, 5.74) is 3.38. The smallest absolute Gasteiger partial charge is 0.137 e. The molecule has 19 heavy (non-hydrogen) atoms. The summed E-state index contributed by atoms with van der Waals surface area (Å²) < 4.78 is 2.11. The molecule has 0 radical (unpaired) electrons. The Morgan fingerprint density at radius 1 is 1.47 bits per heavy atom. The van der Waals surface area contributed by atoms with Gasteiger partial charge in [-0.15, -0.1) is 0 Å². The van der Waals surface area contributed by atoms with Gasteiger partial charge in [0.15, 0.2) is 0 Å². The molecule has 0 unspecified atom stereocenters. The van der Waals surface area contributed by atoms with Crippen LogP contribution in [0.4, 0.5) is 0 Å². The van der Waals surface area contributed by atoms with E-state index >= 15 is 0 Å². The molecule has 3 rings (SSSR count). The minimum atomic E-state index is 0.240. The van der Waals surface area contributed by atoms with Gasteiger partial charge in [-0.25, -0.2) is 4.98 Å². The molecule has 0 aliphatic heterocycles. The number of fused-ring (bicyclic) bond motifs is 1. The molecule has 0 aromatic carbocycles.